The Kier molecular flexibility index (Phi) is 3.38. The summed E-state index contributed by atoms with van der Waals surface area (Å²) >= 11 is 0. The minimum absolute atomic E-state index is 0.0876. The molecule has 1 aromatic heterocycles. The van der Waals surface area contributed by atoms with Crippen LogP contribution in [-0.4, -0.2) is 26.8 Å². The number of aromatic nitrogens is 2. The monoisotopic (exact) mass is 245 g/mol. The highest BCUT2D eigenvalue weighted by molar-refractivity contribution is 5.93. The number of amides is 1. The zero-order valence-electron chi connectivity index (χ0n) is 9.41. The van der Waals surface area contributed by atoms with E-state index in [1.807, 2.05) is 0 Å². The van der Waals surface area contributed by atoms with Crippen LogP contribution in [0, 0.1) is 0 Å². The molecule has 0 radical (unpaired) electrons. The number of nitrogens with one attached hydrogen (secondary N) is 1. The van der Waals surface area contributed by atoms with Crippen LogP contribution < -0.4 is 5.32 Å². The topological polar surface area (TPSA) is 84.2 Å². The fourth-order valence-electron chi connectivity index (χ4n) is 1.47. The van der Waals surface area contributed by atoms with E-state index in [0.29, 0.717) is 5.69 Å². The number of carbonyl (C=O) groups excluding carboxylic acids is 1. The van der Waals surface area contributed by atoms with Gasteiger partial charge in [-0.25, -0.2) is 4.79 Å². The van der Waals surface area contributed by atoms with Crippen molar-refractivity contribution in [2.24, 2.45) is 0 Å². The number of aromatic carboxylic acids is 1. The summed E-state index contributed by atoms with van der Waals surface area (Å²) in [6, 6.07) is 7.80. The summed E-state index contributed by atoms with van der Waals surface area (Å²) in [4.78, 5) is 22.4. The number of benzene rings is 1. The van der Waals surface area contributed by atoms with E-state index in [-0.39, 0.29) is 18.0 Å². The number of rotatable bonds is 4. The maximum absolute atomic E-state index is 11.6. The third-order valence-corrected chi connectivity index (χ3v) is 2.26. The molecule has 1 heterocycles. The summed E-state index contributed by atoms with van der Waals surface area (Å²) in [5.41, 5.74) is 0.582. The van der Waals surface area contributed by atoms with Gasteiger partial charge in [-0.1, -0.05) is 6.07 Å². The van der Waals surface area contributed by atoms with E-state index >= 15 is 0 Å². The standard InChI is InChI=1S/C12H11N3O3/c16-11(8-15-6-2-5-13-15)14-10-4-1-3-9(7-10)12(17)18/h1-7H,8H2,(H,14,16)(H,17,18). The number of carboxylic acid groups (broad SMARTS) is 1. The molecule has 6 heteroatoms. The van der Waals surface area contributed by atoms with Crippen LogP contribution in [-0.2, 0) is 11.3 Å². The van der Waals surface area contributed by atoms with Crippen LogP contribution in [0.4, 0.5) is 5.69 Å². The van der Waals surface area contributed by atoms with Gasteiger partial charge in [0.15, 0.2) is 0 Å². The fraction of sp³-hybridized carbons (Fsp3) is 0.0833. The quantitative estimate of drug-likeness (QED) is 0.848. The highest BCUT2D eigenvalue weighted by Crippen LogP contribution is 2.10. The molecule has 2 N–H and O–H groups in total. The first-order valence-corrected chi connectivity index (χ1v) is 5.26. The van der Waals surface area contributed by atoms with Crippen LogP contribution in [0.1, 0.15) is 10.4 Å². The predicted octanol–water partition coefficient (Wildman–Crippen LogP) is 1.22. The van der Waals surface area contributed by atoms with Gasteiger partial charge in [0.25, 0.3) is 0 Å². The number of anilines is 1. The van der Waals surface area contributed by atoms with Crippen molar-refractivity contribution in [2.45, 2.75) is 6.54 Å². The average molecular weight is 245 g/mol. The highest BCUT2D eigenvalue weighted by atomic mass is 16.4. The number of hydrogen-bond donors (Lipinski definition) is 2. The second-order valence-corrected chi connectivity index (χ2v) is 3.64. The van der Waals surface area contributed by atoms with Crippen molar-refractivity contribution in [1.29, 1.82) is 0 Å². The highest BCUT2D eigenvalue weighted by Gasteiger charge is 2.06. The summed E-state index contributed by atoms with van der Waals surface area (Å²) in [5, 5.41) is 15.3. The summed E-state index contributed by atoms with van der Waals surface area (Å²) in [5.74, 6) is -1.29. The molecule has 2 aromatic rings. The van der Waals surface area contributed by atoms with Crippen LogP contribution in [0.25, 0.3) is 0 Å². The normalized spacial score (nSPS) is 10.0. The average Bonchev–Trinajstić information content (AvgIpc) is 2.82. The Hall–Kier alpha value is -2.63. The van der Waals surface area contributed by atoms with E-state index in [0.717, 1.165) is 0 Å². The second kappa shape index (κ2) is 5.13. The van der Waals surface area contributed by atoms with Crippen LogP contribution >= 0.6 is 0 Å². The molecule has 1 aromatic carbocycles. The first-order chi connectivity index (χ1) is 8.65. The lowest BCUT2D eigenvalue weighted by atomic mass is 10.2. The predicted molar refractivity (Wildman–Crippen MR) is 64.3 cm³/mol. The molecule has 0 saturated heterocycles. The van der Waals surface area contributed by atoms with Crippen molar-refractivity contribution in [3.05, 3.63) is 48.3 Å². The maximum atomic E-state index is 11.6. The van der Waals surface area contributed by atoms with Crippen molar-refractivity contribution in [2.75, 3.05) is 5.32 Å². The minimum Gasteiger partial charge on any atom is -0.478 e. The first-order valence-electron chi connectivity index (χ1n) is 5.26. The molecule has 0 saturated carbocycles. The Labute approximate surface area is 103 Å². The Morgan fingerprint density at radius 2 is 2.17 bits per heavy atom. The first kappa shape index (κ1) is 11.8. The molecule has 0 atom stereocenters. The summed E-state index contributed by atoms with van der Waals surface area (Å²) in [7, 11) is 0. The molecule has 0 fully saturated rings. The maximum Gasteiger partial charge on any atom is 0.335 e. The third kappa shape index (κ3) is 2.94. The van der Waals surface area contributed by atoms with E-state index in [1.165, 1.54) is 16.8 Å². The third-order valence-electron chi connectivity index (χ3n) is 2.26. The van der Waals surface area contributed by atoms with Gasteiger partial charge < -0.3 is 10.4 Å². The molecule has 0 aliphatic rings. The van der Waals surface area contributed by atoms with Gasteiger partial charge in [-0.05, 0) is 24.3 Å². The van der Waals surface area contributed by atoms with Crippen molar-refractivity contribution in [1.82, 2.24) is 9.78 Å². The minimum atomic E-state index is -1.03. The molecule has 2 rings (SSSR count). The summed E-state index contributed by atoms with van der Waals surface area (Å²) < 4.78 is 1.48. The van der Waals surface area contributed by atoms with Gasteiger partial charge in [-0.15, -0.1) is 0 Å². The van der Waals surface area contributed by atoms with Gasteiger partial charge >= 0.3 is 5.97 Å². The van der Waals surface area contributed by atoms with E-state index in [9.17, 15) is 9.59 Å². The van der Waals surface area contributed by atoms with Gasteiger partial charge in [0, 0.05) is 18.1 Å². The Morgan fingerprint density at radius 3 is 2.83 bits per heavy atom. The van der Waals surface area contributed by atoms with Gasteiger partial charge in [0.1, 0.15) is 6.54 Å². The number of carbonyl (C=O) groups is 2. The molecule has 0 unspecified atom stereocenters. The molecular weight excluding hydrogens is 234 g/mol. The van der Waals surface area contributed by atoms with Crippen molar-refractivity contribution >= 4 is 17.6 Å². The number of nitrogens with zero attached hydrogens (tertiary/aromatic N) is 2. The van der Waals surface area contributed by atoms with Crippen molar-refractivity contribution in [3.63, 3.8) is 0 Å². The molecule has 6 nitrogen and oxygen atoms in total. The zero-order chi connectivity index (χ0) is 13.0. The van der Waals surface area contributed by atoms with Gasteiger partial charge in [-0.3, -0.25) is 9.48 Å². The SMILES string of the molecule is O=C(Cn1cccn1)Nc1cccc(C(=O)O)c1. The van der Waals surface area contributed by atoms with E-state index in [1.54, 1.807) is 30.6 Å². The molecule has 0 aliphatic heterocycles. The van der Waals surface area contributed by atoms with Crippen molar-refractivity contribution in [3.8, 4) is 0 Å². The molecule has 1 amide bonds. The van der Waals surface area contributed by atoms with Crippen LogP contribution in [0.2, 0.25) is 0 Å². The number of carboxylic acids is 1. The number of hydrogen-bond acceptors (Lipinski definition) is 3. The lowest BCUT2D eigenvalue weighted by Crippen LogP contribution is -2.19. The summed E-state index contributed by atoms with van der Waals surface area (Å²) in [6.07, 6.45) is 3.26. The Morgan fingerprint density at radius 1 is 1.33 bits per heavy atom. The van der Waals surface area contributed by atoms with E-state index in [4.69, 9.17) is 5.11 Å². The van der Waals surface area contributed by atoms with E-state index in [2.05, 4.69) is 10.4 Å². The van der Waals surface area contributed by atoms with Gasteiger partial charge in [-0.2, -0.15) is 5.10 Å². The Balaban J connectivity index is 2.03. The Bertz CT molecular complexity index is 564. The molecule has 0 bridgehead atoms. The van der Waals surface area contributed by atoms with Crippen LogP contribution in [0.15, 0.2) is 42.7 Å². The fourth-order valence-corrected chi connectivity index (χ4v) is 1.47. The smallest absolute Gasteiger partial charge is 0.335 e. The van der Waals surface area contributed by atoms with Crippen molar-refractivity contribution < 1.29 is 14.7 Å². The summed E-state index contributed by atoms with van der Waals surface area (Å²) in [6.45, 7) is 0.0876. The molecule has 0 aliphatic carbocycles. The second-order valence-electron chi connectivity index (χ2n) is 3.64. The van der Waals surface area contributed by atoms with Crippen LogP contribution in [0.5, 0.6) is 0 Å². The largest absolute Gasteiger partial charge is 0.478 e. The molecule has 92 valence electrons. The lowest BCUT2D eigenvalue weighted by molar-refractivity contribution is -0.116. The lowest BCUT2D eigenvalue weighted by Gasteiger charge is -2.06. The molecule has 0 spiro atoms. The van der Waals surface area contributed by atoms with Gasteiger partial charge in [0.2, 0.25) is 5.91 Å². The van der Waals surface area contributed by atoms with E-state index < -0.39 is 5.97 Å². The van der Waals surface area contributed by atoms with Gasteiger partial charge in [0.05, 0.1) is 5.56 Å². The zero-order valence-corrected chi connectivity index (χ0v) is 9.41. The molecule has 18 heavy (non-hydrogen) atoms. The molecular formula is C12H11N3O3. The van der Waals surface area contributed by atoms with Crippen LogP contribution in [0.3, 0.4) is 0 Å².